The number of thiophene rings is 1. The van der Waals surface area contributed by atoms with Crippen LogP contribution in [0.2, 0.25) is 0 Å². The minimum absolute atomic E-state index is 0.0605. The number of piperidine rings is 1. The van der Waals surface area contributed by atoms with E-state index in [1.807, 2.05) is 19.2 Å². The summed E-state index contributed by atoms with van der Waals surface area (Å²) in [5.41, 5.74) is 1.72. The van der Waals surface area contributed by atoms with Crippen LogP contribution in [-0.2, 0) is 15.3 Å². The SMILES string of the molecule is CC(C)c1noc(C2(c3ncnc4c(-c5ccc(S(C)(=O)=O)cc5F)csc34)CCNCC2)n1. The van der Waals surface area contributed by atoms with Crippen LogP contribution in [0.3, 0.4) is 0 Å². The quantitative estimate of drug-likeness (QED) is 0.436. The van der Waals surface area contributed by atoms with Gasteiger partial charge in [0, 0.05) is 28.7 Å². The number of nitrogens with one attached hydrogen (secondary N) is 1. The number of hydrogen-bond acceptors (Lipinski definition) is 9. The minimum atomic E-state index is -3.51. The molecule has 8 nitrogen and oxygen atoms in total. The molecule has 0 radical (unpaired) electrons. The van der Waals surface area contributed by atoms with Gasteiger partial charge in [-0.1, -0.05) is 25.1 Å². The summed E-state index contributed by atoms with van der Waals surface area (Å²) in [5, 5.41) is 9.41. The fourth-order valence-electron chi connectivity index (χ4n) is 4.40. The summed E-state index contributed by atoms with van der Waals surface area (Å²) in [6.07, 6.45) is 3.99. The van der Waals surface area contributed by atoms with Crippen LogP contribution in [0.25, 0.3) is 21.3 Å². The molecule has 1 aliphatic heterocycles. The molecule has 5 rings (SSSR count). The topological polar surface area (TPSA) is 111 Å². The maximum atomic E-state index is 15.0. The van der Waals surface area contributed by atoms with Crippen molar-refractivity contribution in [2.45, 2.75) is 42.9 Å². The molecule has 0 unspecified atom stereocenters. The molecule has 4 heterocycles. The van der Waals surface area contributed by atoms with Crippen LogP contribution >= 0.6 is 11.3 Å². The van der Waals surface area contributed by atoms with E-state index in [9.17, 15) is 8.42 Å². The molecule has 1 aromatic carbocycles. The zero-order chi connectivity index (χ0) is 24.1. The van der Waals surface area contributed by atoms with Gasteiger partial charge < -0.3 is 9.84 Å². The molecule has 1 N–H and O–H groups in total. The van der Waals surface area contributed by atoms with Crippen molar-refractivity contribution in [3.8, 4) is 11.1 Å². The molecule has 178 valence electrons. The molecule has 0 bridgehead atoms. The zero-order valence-corrected chi connectivity index (χ0v) is 20.6. The number of nitrogens with zero attached hydrogens (tertiary/aromatic N) is 4. The molecule has 1 saturated heterocycles. The summed E-state index contributed by atoms with van der Waals surface area (Å²) in [5.74, 6) is 0.709. The molecule has 11 heteroatoms. The van der Waals surface area contributed by atoms with Crippen LogP contribution in [0, 0.1) is 5.82 Å². The lowest BCUT2D eigenvalue weighted by Crippen LogP contribution is -2.41. The van der Waals surface area contributed by atoms with E-state index < -0.39 is 21.1 Å². The number of halogens is 1. The largest absolute Gasteiger partial charge is 0.338 e. The summed E-state index contributed by atoms with van der Waals surface area (Å²) < 4.78 is 45.2. The molecule has 3 aromatic heterocycles. The van der Waals surface area contributed by atoms with E-state index in [4.69, 9.17) is 9.51 Å². The Balaban J connectivity index is 1.67. The van der Waals surface area contributed by atoms with E-state index in [-0.39, 0.29) is 10.8 Å². The molecule has 1 aliphatic rings. The summed E-state index contributed by atoms with van der Waals surface area (Å²) in [4.78, 5) is 13.8. The second-order valence-electron chi connectivity index (χ2n) is 8.91. The molecule has 34 heavy (non-hydrogen) atoms. The average Bonchev–Trinajstić information content (AvgIpc) is 3.47. The molecule has 0 spiro atoms. The van der Waals surface area contributed by atoms with Crippen LogP contribution in [0.5, 0.6) is 0 Å². The Bertz CT molecular complexity index is 1470. The summed E-state index contributed by atoms with van der Waals surface area (Å²) >= 11 is 1.43. The highest BCUT2D eigenvalue weighted by Gasteiger charge is 2.44. The molecule has 0 amide bonds. The Hall–Kier alpha value is -2.76. The Kier molecular flexibility index (Phi) is 5.73. The zero-order valence-electron chi connectivity index (χ0n) is 19.0. The smallest absolute Gasteiger partial charge is 0.239 e. The number of fused-ring (bicyclic) bond motifs is 1. The molecule has 0 saturated carbocycles. The highest BCUT2D eigenvalue weighted by Crippen LogP contribution is 2.45. The Morgan fingerprint density at radius 1 is 1.18 bits per heavy atom. The number of hydrogen-bond donors (Lipinski definition) is 1. The first-order valence-electron chi connectivity index (χ1n) is 11.0. The molecule has 0 atom stereocenters. The van der Waals surface area contributed by atoms with Crippen molar-refractivity contribution in [1.82, 2.24) is 25.4 Å². The van der Waals surface area contributed by atoms with Gasteiger partial charge in [-0.25, -0.2) is 22.8 Å². The molecule has 0 aliphatic carbocycles. The predicted molar refractivity (Wildman–Crippen MR) is 127 cm³/mol. The van der Waals surface area contributed by atoms with E-state index >= 15 is 4.39 Å². The third-order valence-electron chi connectivity index (χ3n) is 6.29. The number of aromatic nitrogens is 4. The fraction of sp³-hybridized carbons (Fsp3) is 0.391. The van der Waals surface area contributed by atoms with Crippen LogP contribution < -0.4 is 5.32 Å². The fourth-order valence-corrected chi connectivity index (χ4v) is 6.14. The van der Waals surface area contributed by atoms with Gasteiger partial charge in [-0.15, -0.1) is 11.3 Å². The molecule has 1 fully saturated rings. The van der Waals surface area contributed by atoms with Crippen molar-refractivity contribution in [3.05, 3.63) is 53.1 Å². The highest BCUT2D eigenvalue weighted by molar-refractivity contribution is 7.90. The van der Waals surface area contributed by atoms with Gasteiger partial charge in [0.15, 0.2) is 15.7 Å². The lowest BCUT2D eigenvalue weighted by atomic mass is 9.75. The van der Waals surface area contributed by atoms with Crippen molar-refractivity contribution in [3.63, 3.8) is 0 Å². The van der Waals surface area contributed by atoms with Gasteiger partial charge >= 0.3 is 0 Å². The average molecular weight is 502 g/mol. The predicted octanol–water partition coefficient (Wildman–Crippen LogP) is 4.08. The van der Waals surface area contributed by atoms with Gasteiger partial charge in [0.2, 0.25) is 5.89 Å². The second kappa shape index (κ2) is 8.47. The first kappa shape index (κ1) is 23.0. The van der Waals surface area contributed by atoms with Gasteiger partial charge in [0.05, 0.1) is 26.2 Å². The third-order valence-corrected chi connectivity index (χ3v) is 8.38. The van der Waals surface area contributed by atoms with Crippen molar-refractivity contribution in [2.75, 3.05) is 19.3 Å². The Morgan fingerprint density at radius 3 is 2.59 bits per heavy atom. The Morgan fingerprint density at radius 2 is 1.94 bits per heavy atom. The maximum absolute atomic E-state index is 15.0. The van der Waals surface area contributed by atoms with Crippen molar-refractivity contribution < 1.29 is 17.3 Å². The first-order chi connectivity index (χ1) is 16.2. The third kappa shape index (κ3) is 3.81. The van der Waals surface area contributed by atoms with Crippen LogP contribution in [0.15, 0.2) is 39.3 Å². The van der Waals surface area contributed by atoms with Crippen LogP contribution in [0.1, 0.15) is 50.0 Å². The highest BCUT2D eigenvalue weighted by atomic mass is 32.2. The van der Waals surface area contributed by atoms with Gasteiger partial charge in [-0.3, -0.25) is 0 Å². The van der Waals surface area contributed by atoms with E-state index in [1.165, 1.54) is 29.8 Å². The summed E-state index contributed by atoms with van der Waals surface area (Å²) in [6.45, 7) is 5.57. The lowest BCUT2D eigenvalue weighted by Gasteiger charge is -2.33. The normalized spacial score (nSPS) is 16.4. The molecular weight excluding hydrogens is 477 g/mol. The first-order valence-corrected chi connectivity index (χ1v) is 13.8. The van der Waals surface area contributed by atoms with Crippen molar-refractivity contribution in [1.29, 1.82) is 0 Å². The van der Waals surface area contributed by atoms with Gasteiger partial charge in [-0.2, -0.15) is 4.98 Å². The number of benzene rings is 1. The van der Waals surface area contributed by atoms with Crippen molar-refractivity contribution in [2.24, 2.45) is 0 Å². The lowest BCUT2D eigenvalue weighted by molar-refractivity contribution is 0.256. The van der Waals surface area contributed by atoms with E-state index in [1.54, 1.807) is 0 Å². The van der Waals surface area contributed by atoms with E-state index in [0.29, 0.717) is 28.4 Å². The van der Waals surface area contributed by atoms with E-state index in [0.717, 1.165) is 48.6 Å². The van der Waals surface area contributed by atoms with Crippen molar-refractivity contribution >= 4 is 31.4 Å². The maximum Gasteiger partial charge on any atom is 0.239 e. The molecule has 4 aromatic rings. The Labute approximate surface area is 200 Å². The van der Waals surface area contributed by atoms with Gasteiger partial charge in [0.25, 0.3) is 0 Å². The summed E-state index contributed by atoms with van der Waals surface area (Å²) in [7, 11) is -3.51. The monoisotopic (exact) mass is 501 g/mol. The number of rotatable bonds is 5. The number of sulfone groups is 1. The standard InChI is InChI=1S/C23H24FN5O3S2/c1-13(2)21-28-22(32-29-21)23(6-8-25-9-7-23)20-19-18(26-12-27-20)16(11-33-19)15-5-4-14(10-17(15)24)34(3,30)31/h4-5,10-13,25H,6-9H2,1-3H3. The summed E-state index contributed by atoms with van der Waals surface area (Å²) in [6, 6.07) is 3.96. The van der Waals surface area contributed by atoms with E-state index in [2.05, 4.69) is 20.4 Å². The van der Waals surface area contributed by atoms with Gasteiger partial charge in [-0.05, 0) is 38.1 Å². The van der Waals surface area contributed by atoms with Gasteiger partial charge in [0.1, 0.15) is 12.1 Å². The van der Waals surface area contributed by atoms with Crippen LogP contribution in [-0.4, -0.2) is 47.9 Å². The minimum Gasteiger partial charge on any atom is -0.338 e. The molecular formula is C23H24FN5O3S2. The second-order valence-corrected chi connectivity index (χ2v) is 11.8. The van der Waals surface area contributed by atoms with Crippen LogP contribution in [0.4, 0.5) is 4.39 Å².